The van der Waals surface area contributed by atoms with Crippen LogP contribution in [-0.4, -0.2) is 26.3 Å². The van der Waals surface area contributed by atoms with Crippen LogP contribution in [0.4, 0.5) is 0 Å². The van der Waals surface area contributed by atoms with Gasteiger partial charge in [0.2, 0.25) is 0 Å². The second kappa shape index (κ2) is 5.00. The molecule has 0 saturated heterocycles. The summed E-state index contributed by atoms with van der Waals surface area (Å²) >= 11 is 3.14. The maximum atomic E-state index is 9.47. The van der Waals surface area contributed by atoms with Crippen molar-refractivity contribution in [1.29, 1.82) is 5.26 Å². The van der Waals surface area contributed by atoms with Gasteiger partial charge < -0.3 is 10.2 Å². The average molecular weight is 258 g/mol. The van der Waals surface area contributed by atoms with Crippen LogP contribution in [0.25, 0.3) is 0 Å². The van der Waals surface area contributed by atoms with Gasteiger partial charge in [-0.2, -0.15) is 5.26 Å². The Morgan fingerprint density at radius 3 is 2.50 bits per heavy atom. The third kappa shape index (κ3) is 2.73. The molecule has 14 heavy (non-hydrogen) atoms. The summed E-state index contributed by atoms with van der Waals surface area (Å²) in [5.74, 6) is 0.107. The fraction of sp³-hybridized carbons (Fsp3) is 0.375. The van der Waals surface area contributed by atoms with Crippen LogP contribution >= 0.6 is 15.9 Å². The Kier molecular flexibility index (Phi) is 3.95. The number of rotatable bonds is 3. The van der Waals surface area contributed by atoms with Gasteiger partial charge in [0.1, 0.15) is 12.2 Å². The van der Waals surface area contributed by atoms with Gasteiger partial charge in [0, 0.05) is 12.4 Å². The number of nitriles is 1. The lowest BCUT2D eigenvalue weighted by Crippen LogP contribution is -2.19. The van der Waals surface area contributed by atoms with Gasteiger partial charge in [0.05, 0.1) is 17.0 Å². The largest absolute Gasteiger partial charge is 0.389 e. The number of hydrogen-bond acceptors (Lipinski definition) is 5. The second-order valence-corrected chi connectivity index (χ2v) is 3.55. The van der Waals surface area contributed by atoms with Crippen molar-refractivity contribution in [1.82, 2.24) is 9.97 Å². The molecule has 74 valence electrons. The molecule has 1 heterocycles. The highest BCUT2D eigenvalue weighted by molar-refractivity contribution is 9.10. The Morgan fingerprint density at radius 1 is 1.43 bits per heavy atom. The summed E-state index contributed by atoms with van der Waals surface area (Å²) in [6.45, 7) is 0. The molecule has 2 N–H and O–H groups in total. The van der Waals surface area contributed by atoms with E-state index in [-0.39, 0.29) is 12.2 Å². The highest BCUT2D eigenvalue weighted by Gasteiger charge is 2.20. The maximum Gasteiger partial charge on any atom is 0.159 e. The second-order valence-electron chi connectivity index (χ2n) is 2.63. The van der Waals surface area contributed by atoms with E-state index in [1.54, 1.807) is 6.07 Å². The molecule has 1 aromatic heterocycles. The summed E-state index contributed by atoms with van der Waals surface area (Å²) in [5, 5.41) is 27.1. The predicted molar refractivity (Wildman–Crippen MR) is 50.9 cm³/mol. The van der Waals surface area contributed by atoms with Crippen LogP contribution in [0.2, 0.25) is 0 Å². The van der Waals surface area contributed by atoms with E-state index in [0.29, 0.717) is 4.47 Å². The number of nitrogens with zero attached hydrogens (tertiary/aromatic N) is 3. The molecule has 0 saturated carbocycles. The van der Waals surface area contributed by atoms with E-state index in [0.717, 1.165) is 0 Å². The maximum absolute atomic E-state index is 9.47. The smallest absolute Gasteiger partial charge is 0.159 e. The molecule has 0 aliphatic heterocycles. The van der Waals surface area contributed by atoms with Crippen LogP contribution in [0, 0.1) is 11.3 Å². The molecule has 1 rings (SSSR count). The molecule has 0 spiro atoms. The zero-order chi connectivity index (χ0) is 10.6. The molecule has 0 aliphatic carbocycles. The minimum atomic E-state index is -1.22. The summed E-state index contributed by atoms with van der Waals surface area (Å²) in [7, 11) is 0. The van der Waals surface area contributed by atoms with Gasteiger partial charge in [-0.15, -0.1) is 0 Å². The van der Waals surface area contributed by atoms with Crippen LogP contribution < -0.4 is 0 Å². The Labute approximate surface area is 89.2 Å². The SMILES string of the molecule is N#CCC(O)C(O)c1ncc(Br)cn1. The van der Waals surface area contributed by atoms with Gasteiger partial charge in [-0.25, -0.2) is 9.97 Å². The minimum absolute atomic E-state index is 0.107. The summed E-state index contributed by atoms with van der Waals surface area (Å²) < 4.78 is 0.684. The fourth-order valence-electron chi connectivity index (χ4n) is 0.852. The van der Waals surface area contributed by atoms with E-state index in [1.807, 2.05) is 0 Å². The molecule has 1 aromatic rings. The molecule has 2 unspecified atom stereocenters. The first-order valence-corrected chi connectivity index (χ1v) is 4.65. The first-order valence-electron chi connectivity index (χ1n) is 3.85. The number of halogens is 1. The molecule has 0 aliphatic rings. The van der Waals surface area contributed by atoms with Crippen molar-refractivity contribution >= 4 is 15.9 Å². The van der Waals surface area contributed by atoms with E-state index in [4.69, 9.17) is 5.26 Å². The molecule has 0 fully saturated rings. The lowest BCUT2D eigenvalue weighted by atomic mass is 10.1. The Bertz CT molecular complexity index is 335. The molecular weight excluding hydrogens is 250 g/mol. The third-order valence-corrected chi connectivity index (χ3v) is 1.98. The zero-order valence-electron chi connectivity index (χ0n) is 7.13. The quantitative estimate of drug-likeness (QED) is 0.826. The van der Waals surface area contributed by atoms with E-state index in [9.17, 15) is 10.2 Å². The van der Waals surface area contributed by atoms with Crippen molar-refractivity contribution in [3.63, 3.8) is 0 Å². The topological polar surface area (TPSA) is 90.0 Å². The van der Waals surface area contributed by atoms with Crippen LogP contribution in [-0.2, 0) is 0 Å². The number of hydrogen-bond donors (Lipinski definition) is 2. The van der Waals surface area contributed by atoms with E-state index >= 15 is 0 Å². The highest BCUT2D eigenvalue weighted by atomic mass is 79.9. The highest BCUT2D eigenvalue weighted by Crippen LogP contribution is 2.15. The summed E-state index contributed by atoms with van der Waals surface area (Å²) in [6.07, 6.45) is 0.402. The van der Waals surface area contributed by atoms with Crippen molar-refractivity contribution < 1.29 is 10.2 Å². The molecule has 5 nitrogen and oxygen atoms in total. The van der Waals surface area contributed by atoms with Crippen molar-refractivity contribution in [3.8, 4) is 6.07 Å². The standard InChI is InChI=1S/C8H8BrN3O2/c9-5-3-11-8(12-4-5)7(14)6(13)1-2-10/h3-4,6-7,13-14H,1H2. The summed E-state index contributed by atoms with van der Waals surface area (Å²) in [6, 6.07) is 1.75. The van der Waals surface area contributed by atoms with E-state index in [1.165, 1.54) is 12.4 Å². The van der Waals surface area contributed by atoms with Crippen molar-refractivity contribution in [2.24, 2.45) is 0 Å². The lowest BCUT2D eigenvalue weighted by Gasteiger charge is -2.12. The average Bonchev–Trinajstić information content (AvgIpc) is 2.18. The molecule has 0 bridgehead atoms. The Hall–Kier alpha value is -1.03. The van der Waals surface area contributed by atoms with Crippen LogP contribution in [0.3, 0.4) is 0 Å². The molecular formula is C8H8BrN3O2. The van der Waals surface area contributed by atoms with Gasteiger partial charge in [-0.05, 0) is 15.9 Å². The normalized spacial score (nSPS) is 14.4. The molecule has 0 amide bonds. The number of aliphatic hydroxyl groups excluding tert-OH is 2. The molecule has 6 heteroatoms. The Balaban J connectivity index is 2.74. The molecule has 0 aromatic carbocycles. The van der Waals surface area contributed by atoms with Gasteiger partial charge in [0.25, 0.3) is 0 Å². The summed E-state index contributed by atoms with van der Waals surface area (Å²) in [5.41, 5.74) is 0. The van der Waals surface area contributed by atoms with Crippen molar-refractivity contribution in [3.05, 3.63) is 22.7 Å². The fourth-order valence-corrected chi connectivity index (χ4v) is 1.06. The van der Waals surface area contributed by atoms with Gasteiger partial charge in [-0.1, -0.05) is 0 Å². The lowest BCUT2D eigenvalue weighted by molar-refractivity contribution is 0.0161. The van der Waals surface area contributed by atoms with Gasteiger partial charge in [-0.3, -0.25) is 0 Å². The number of aromatic nitrogens is 2. The minimum Gasteiger partial charge on any atom is -0.389 e. The van der Waals surface area contributed by atoms with Crippen molar-refractivity contribution in [2.75, 3.05) is 0 Å². The predicted octanol–water partition coefficient (Wildman–Crippen LogP) is 0.547. The monoisotopic (exact) mass is 257 g/mol. The summed E-state index contributed by atoms with van der Waals surface area (Å²) in [4.78, 5) is 7.61. The van der Waals surface area contributed by atoms with Crippen molar-refractivity contribution in [2.45, 2.75) is 18.6 Å². The van der Waals surface area contributed by atoms with Gasteiger partial charge in [0.15, 0.2) is 5.82 Å². The van der Waals surface area contributed by atoms with Crippen LogP contribution in [0.15, 0.2) is 16.9 Å². The number of aliphatic hydroxyl groups is 2. The third-order valence-electron chi connectivity index (χ3n) is 1.57. The van der Waals surface area contributed by atoms with Gasteiger partial charge >= 0.3 is 0 Å². The zero-order valence-corrected chi connectivity index (χ0v) is 8.72. The first kappa shape index (κ1) is 11.0. The van der Waals surface area contributed by atoms with E-state index < -0.39 is 12.2 Å². The van der Waals surface area contributed by atoms with Crippen LogP contribution in [0.1, 0.15) is 18.3 Å². The van der Waals surface area contributed by atoms with Crippen LogP contribution in [0.5, 0.6) is 0 Å². The molecule has 0 radical (unpaired) electrons. The first-order chi connectivity index (χ1) is 6.65. The Morgan fingerprint density at radius 2 is 2.00 bits per heavy atom. The molecule has 2 atom stereocenters. The van der Waals surface area contributed by atoms with E-state index in [2.05, 4.69) is 25.9 Å².